The zero-order valence-electron chi connectivity index (χ0n) is 17.7. The zero-order chi connectivity index (χ0) is 21.3. The van der Waals surface area contributed by atoms with Crippen LogP contribution in [0.3, 0.4) is 0 Å². The van der Waals surface area contributed by atoms with E-state index in [0.29, 0.717) is 40.3 Å². The summed E-state index contributed by atoms with van der Waals surface area (Å²) in [5.41, 5.74) is 0.861. The van der Waals surface area contributed by atoms with Gasteiger partial charge in [0.2, 0.25) is 11.2 Å². The highest BCUT2D eigenvalue weighted by Gasteiger charge is 2.24. The number of para-hydroxylation sites is 2. The number of methoxy groups -OCH3 is 1. The highest BCUT2D eigenvalue weighted by atomic mass is 16.5. The summed E-state index contributed by atoms with van der Waals surface area (Å²) in [4.78, 5) is 14.6. The van der Waals surface area contributed by atoms with Gasteiger partial charge in [-0.2, -0.15) is 0 Å². The summed E-state index contributed by atoms with van der Waals surface area (Å²) < 4.78 is 17.3. The largest absolute Gasteiger partial charge is 0.507 e. The maximum Gasteiger partial charge on any atom is 0.235 e. The van der Waals surface area contributed by atoms with E-state index in [1.807, 2.05) is 12.1 Å². The molecule has 2 aromatic carbocycles. The number of phenolic OH excluding ortho intramolecular Hbond substituents is 1. The number of hydrogen-bond donors (Lipinski definition) is 2. The molecule has 0 amide bonds. The summed E-state index contributed by atoms with van der Waals surface area (Å²) in [6.45, 7) is 6.71. The van der Waals surface area contributed by atoms with Crippen molar-refractivity contribution in [2.45, 2.75) is 33.2 Å². The summed E-state index contributed by atoms with van der Waals surface area (Å²) in [5, 5.41) is 10.9. The Balaban J connectivity index is 1.74. The van der Waals surface area contributed by atoms with Crippen LogP contribution in [-0.2, 0) is 6.54 Å². The molecule has 1 fully saturated rings. The third kappa shape index (κ3) is 3.87. The van der Waals surface area contributed by atoms with Gasteiger partial charge in [0, 0.05) is 0 Å². The van der Waals surface area contributed by atoms with Crippen molar-refractivity contribution in [3.63, 3.8) is 0 Å². The lowest BCUT2D eigenvalue weighted by Gasteiger charge is -2.27. The Bertz CT molecular complexity index is 1110. The van der Waals surface area contributed by atoms with Gasteiger partial charge in [0.1, 0.15) is 18.1 Å². The Morgan fingerprint density at radius 1 is 1.13 bits per heavy atom. The molecular formula is C24H28NO5+. The first-order valence-electron chi connectivity index (χ1n) is 10.4. The van der Waals surface area contributed by atoms with Crippen molar-refractivity contribution in [2.24, 2.45) is 5.92 Å². The number of aromatic hydroxyl groups is 1. The fraction of sp³-hybridized carbons (Fsp3) is 0.375. The van der Waals surface area contributed by atoms with Gasteiger partial charge in [0.15, 0.2) is 17.1 Å². The first-order chi connectivity index (χ1) is 14.5. The molecule has 0 atom stereocenters. The lowest BCUT2D eigenvalue weighted by atomic mass is 9.98. The molecule has 1 aliphatic rings. The predicted molar refractivity (Wildman–Crippen MR) is 115 cm³/mol. The van der Waals surface area contributed by atoms with Crippen LogP contribution in [0.4, 0.5) is 0 Å². The first-order valence-corrected chi connectivity index (χ1v) is 10.4. The van der Waals surface area contributed by atoms with Gasteiger partial charge >= 0.3 is 0 Å². The van der Waals surface area contributed by atoms with Crippen molar-refractivity contribution in [1.82, 2.24) is 0 Å². The number of nitrogens with one attached hydrogen (secondary N) is 1. The standard InChI is InChI=1S/C24H27NO5/c1-15-10-12-25(13-11-15)14-18-19(26)9-8-17-22(27)23(16(2)29-24(17)18)30-21-7-5-4-6-20(21)28-3/h4-9,15,26H,10-14H2,1-3H3/p+1. The maximum absolute atomic E-state index is 13.2. The first kappa shape index (κ1) is 20.3. The molecule has 6 nitrogen and oxygen atoms in total. The van der Waals surface area contributed by atoms with E-state index in [9.17, 15) is 9.90 Å². The molecule has 0 saturated carbocycles. The Labute approximate surface area is 175 Å². The third-order valence-electron chi connectivity index (χ3n) is 5.95. The van der Waals surface area contributed by atoms with Gasteiger partial charge in [-0.15, -0.1) is 0 Å². The lowest BCUT2D eigenvalue weighted by molar-refractivity contribution is -0.919. The van der Waals surface area contributed by atoms with Gasteiger partial charge in [-0.3, -0.25) is 4.79 Å². The average Bonchev–Trinajstić information content (AvgIpc) is 2.75. The number of aryl methyl sites for hydroxylation is 1. The van der Waals surface area contributed by atoms with E-state index in [2.05, 4.69) is 6.92 Å². The molecule has 1 aliphatic heterocycles. The molecule has 0 spiro atoms. The summed E-state index contributed by atoms with van der Waals surface area (Å²) in [6, 6.07) is 10.3. The number of ether oxygens (including phenoxy) is 2. The fourth-order valence-corrected chi connectivity index (χ4v) is 4.09. The second-order valence-corrected chi connectivity index (χ2v) is 8.12. The number of quaternary nitrogens is 1. The Kier molecular flexibility index (Phi) is 5.68. The van der Waals surface area contributed by atoms with Crippen LogP contribution in [0.2, 0.25) is 0 Å². The molecule has 4 rings (SSSR count). The second kappa shape index (κ2) is 8.40. The van der Waals surface area contributed by atoms with Crippen LogP contribution in [0.1, 0.15) is 31.1 Å². The number of phenols is 1. The molecule has 1 aromatic heterocycles. The van der Waals surface area contributed by atoms with Gasteiger partial charge in [-0.25, -0.2) is 0 Å². The van der Waals surface area contributed by atoms with Crippen molar-refractivity contribution >= 4 is 11.0 Å². The molecule has 2 heterocycles. The summed E-state index contributed by atoms with van der Waals surface area (Å²) in [7, 11) is 1.55. The molecule has 3 aromatic rings. The Hall–Kier alpha value is -2.99. The summed E-state index contributed by atoms with van der Waals surface area (Å²) in [5.74, 6) is 2.38. The minimum Gasteiger partial charge on any atom is -0.507 e. The van der Waals surface area contributed by atoms with Gasteiger partial charge in [-0.1, -0.05) is 19.1 Å². The number of hydrogen-bond acceptors (Lipinski definition) is 5. The average molecular weight is 410 g/mol. The number of piperidine rings is 1. The SMILES string of the molecule is COc1ccccc1Oc1c(C)oc2c(C[NH+]3CCC(C)CC3)c(O)ccc2c1=O. The molecule has 6 heteroatoms. The molecule has 30 heavy (non-hydrogen) atoms. The number of rotatable bonds is 5. The van der Waals surface area contributed by atoms with E-state index in [-0.39, 0.29) is 16.9 Å². The monoisotopic (exact) mass is 410 g/mol. The molecule has 0 unspecified atom stereocenters. The molecule has 0 radical (unpaired) electrons. The smallest absolute Gasteiger partial charge is 0.235 e. The van der Waals surface area contributed by atoms with Crippen LogP contribution in [0.25, 0.3) is 11.0 Å². The van der Waals surface area contributed by atoms with Crippen molar-refractivity contribution < 1.29 is 23.9 Å². The van der Waals surface area contributed by atoms with Crippen LogP contribution < -0.4 is 19.8 Å². The lowest BCUT2D eigenvalue weighted by Crippen LogP contribution is -3.11. The van der Waals surface area contributed by atoms with Crippen LogP contribution in [0.5, 0.6) is 23.0 Å². The number of fused-ring (bicyclic) bond motifs is 1. The topological polar surface area (TPSA) is 73.3 Å². The maximum atomic E-state index is 13.2. The molecular weight excluding hydrogens is 382 g/mol. The van der Waals surface area contributed by atoms with E-state index in [1.54, 1.807) is 38.3 Å². The van der Waals surface area contributed by atoms with Crippen molar-refractivity contribution in [2.75, 3.05) is 20.2 Å². The minimum atomic E-state index is -0.261. The van der Waals surface area contributed by atoms with Gasteiger partial charge in [-0.05, 0) is 49.9 Å². The molecule has 2 N–H and O–H groups in total. The zero-order valence-corrected chi connectivity index (χ0v) is 17.7. The summed E-state index contributed by atoms with van der Waals surface area (Å²) in [6.07, 6.45) is 2.33. The van der Waals surface area contributed by atoms with Crippen molar-refractivity contribution in [3.8, 4) is 23.0 Å². The highest BCUT2D eigenvalue weighted by Crippen LogP contribution is 2.34. The van der Waals surface area contributed by atoms with Gasteiger partial charge in [0.05, 0.1) is 31.1 Å². The van der Waals surface area contributed by atoms with Crippen molar-refractivity contribution in [1.29, 1.82) is 0 Å². The number of benzene rings is 2. The van der Waals surface area contributed by atoms with E-state index in [0.717, 1.165) is 19.0 Å². The van der Waals surface area contributed by atoms with Crippen LogP contribution >= 0.6 is 0 Å². The van der Waals surface area contributed by atoms with E-state index in [4.69, 9.17) is 13.9 Å². The predicted octanol–water partition coefficient (Wildman–Crippen LogP) is 3.42. The van der Waals surface area contributed by atoms with Crippen LogP contribution in [-0.4, -0.2) is 25.3 Å². The quantitative estimate of drug-likeness (QED) is 0.674. The Morgan fingerprint density at radius 2 is 1.83 bits per heavy atom. The highest BCUT2D eigenvalue weighted by molar-refractivity contribution is 5.83. The second-order valence-electron chi connectivity index (χ2n) is 8.12. The van der Waals surface area contributed by atoms with Crippen molar-refractivity contribution in [3.05, 3.63) is 57.9 Å². The third-order valence-corrected chi connectivity index (χ3v) is 5.95. The molecule has 0 bridgehead atoms. The van der Waals surface area contributed by atoms with Crippen LogP contribution in [0, 0.1) is 12.8 Å². The molecule has 0 aliphatic carbocycles. The van der Waals surface area contributed by atoms with E-state index in [1.165, 1.54) is 17.7 Å². The fourth-order valence-electron chi connectivity index (χ4n) is 4.09. The van der Waals surface area contributed by atoms with Gasteiger partial charge in [0.25, 0.3) is 0 Å². The van der Waals surface area contributed by atoms with Gasteiger partial charge < -0.3 is 23.9 Å². The minimum absolute atomic E-state index is 0.128. The van der Waals surface area contributed by atoms with E-state index >= 15 is 0 Å². The number of likely N-dealkylation sites (tertiary alicyclic amines) is 1. The van der Waals surface area contributed by atoms with E-state index < -0.39 is 0 Å². The summed E-state index contributed by atoms with van der Waals surface area (Å²) >= 11 is 0. The Morgan fingerprint density at radius 3 is 2.53 bits per heavy atom. The van der Waals surface area contributed by atoms with Crippen LogP contribution in [0.15, 0.2) is 45.6 Å². The normalized spacial score (nSPS) is 19.0. The molecule has 1 saturated heterocycles. The molecule has 158 valence electrons.